The highest BCUT2D eigenvalue weighted by Gasteiger charge is 2.14. The molecule has 0 unspecified atom stereocenters. The normalized spacial score (nSPS) is 10.2. The first-order valence-electron chi connectivity index (χ1n) is 5.57. The monoisotopic (exact) mass is 261 g/mol. The molecule has 0 saturated heterocycles. The van der Waals surface area contributed by atoms with Crippen molar-refractivity contribution in [1.82, 2.24) is 0 Å². The maximum atomic E-state index is 13.0. The number of carbonyl (C=O) groups excluding carboxylic acids is 1. The molecule has 0 atom stereocenters. The molecular formula is C14H12FNO3. The van der Waals surface area contributed by atoms with Crippen LogP contribution in [0.25, 0.3) is 0 Å². The molecule has 0 aliphatic heterocycles. The lowest BCUT2D eigenvalue weighted by atomic mass is 10.1. The van der Waals surface area contributed by atoms with Gasteiger partial charge in [-0.2, -0.15) is 0 Å². The van der Waals surface area contributed by atoms with Gasteiger partial charge in [0.1, 0.15) is 17.3 Å². The van der Waals surface area contributed by atoms with Gasteiger partial charge in [0.05, 0.1) is 11.3 Å². The summed E-state index contributed by atoms with van der Waals surface area (Å²) < 4.78 is 13.0. The highest BCUT2D eigenvalue weighted by molar-refractivity contribution is 6.06. The van der Waals surface area contributed by atoms with Crippen molar-refractivity contribution in [2.75, 3.05) is 5.32 Å². The van der Waals surface area contributed by atoms with Gasteiger partial charge in [-0.3, -0.25) is 4.79 Å². The van der Waals surface area contributed by atoms with E-state index < -0.39 is 11.7 Å². The third kappa shape index (κ3) is 2.82. The highest BCUT2D eigenvalue weighted by Crippen LogP contribution is 2.26. The molecule has 98 valence electrons. The predicted octanol–water partition coefficient (Wildman–Crippen LogP) is 2.80. The van der Waals surface area contributed by atoms with Gasteiger partial charge in [0.2, 0.25) is 0 Å². The summed E-state index contributed by atoms with van der Waals surface area (Å²) in [5.41, 5.74) is 0.836. The molecule has 0 aromatic heterocycles. The summed E-state index contributed by atoms with van der Waals surface area (Å²) in [7, 11) is 0. The number of hydrogen-bond donors (Lipinski definition) is 3. The van der Waals surface area contributed by atoms with E-state index in [9.17, 15) is 19.4 Å². The van der Waals surface area contributed by atoms with Crippen molar-refractivity contribution in [3.8, 4) is 11.5 Å². The third-order valence-electron chi connectivity index (χ3n) is 2.60. The molecule has 19 heavy (non-hydrogen) atoms. The van der Waals surface area contributed by atoms with Crippen molar-refractivity contribution < 1.29 is 19.4 Å². The molecule has 2 rings (SSSR count). The van der Waals surface area contributed by atoms with Crippen LogP contribution in [-0.2, 0) is 0 Å². The van der Waals surface area contributed by atoms with E-state index in [-0.39, 0.29) is 22.7 Å². The smallest absolute Gasteiger partial charge is 0.259 e. The van der Waals surface area contributed by atoms with Crippen LogP contribution in [0.2, 0.25) is 0 Å². The summed E-state index contributed by atoms with van der Waals surface area (Å²) in [6.45, 7) is 1.80. The average Bonchev–Trinajstić information content (AvgIpc) is 2.35. The maximum absolute atomic E-state index is 13.0. The Bertz CT molecular complexity index is 641. The number of benzene rings is 2. The van der Waals surface area contributed by atoms with Gasteiger partial charge in [0.15, 0.2) is 0 Å². The van der Waals surface area contributed by atoms with Gasteiger partial charge < -0.3 is 15.5 Å². The Morgan fingerprint density at radius 2 is 1.84 bits per heavy atom. The largest absolute Gasteiger partial charge is 0.507 e. The fraction of sp³-hybridized carbons (Fsp3) is 0.0714. The molecule has 0 bridgehead atoms. The van der Waals surface area contributed by atoms with Crippen LogP contribution in [0.5, 0.6) is 11.5 Å². The van der Waals surface area contributed by atoms with Gasteiger partial charge >= 0.3 is 0 Å². The van der Waals surface area contributed by atoms with Gasteiger partial charge in [-0.05, 0) is 42.8 Å². The minimum Gasteiger partial charge on any atom is -0.507 e. The zero-order chi connectivity index (χ0) is 14.0. The lowest BCUT2D eigenvalue weighted by Gasteiger charge is -2.09. The Balaban J connectivity index is 2.28. The van der Waals surface area contributed by atoms with Crippen molar-refractivity contribution in [3.05, 3.63) is 53.3 Å². The van der Waals surface area contributed by atoms with Crippen molar-refractivity contribution in [3.63, 3.8) is 0 Å². The first-order chi connectivity index (χ1) is 8.97. The molecular weight excluding hydrogens is 249 g/mol. The molecule has 4 nitrogen and oxygen atoms in total. The summed E-state index contributed by atoms with van der Waals surface area (Å²) in [6.07, 6.45) is 0. The highest BCUT2D eigenvalue weighted by atomic mass is 19.1. The quantitative estimate of drug-likeness (QED) is 0.728. The minimum atomic E-state index is -0.698. The van der Waals surface area contributed by atoms with E-state index in [0.29, 0.717) is 0 Å². The molecule has 0 aliphatic carbocycles. The SMILES string of the molecule is Cc1ccc(NC(=O)c2cc(F)ccc2O)c(O)c1. The second kappa shape index (κ2) is 4.97. The molecule has 0 aliphatic rings. The van der Waals surface area contributed by atoms with E-state index in [1.807, 2.05) is 0 Å². The Hall–Kier alpha value is -2.56. The second-order valence-corrected chi connectivity index (χ2v) is 4.14. The Kier molecular flexibility index (Phi) is 3.37. The van der Waals surface area contributed by atoms with Gasteiger partial charge in [0.25, 0.3) is 5.91 Å². The number of hydrogen-bond acceptors (Lipinski definition) is 3. The third-order valence-corrected chi connectivity index (χ3v) is 2.60. The molecule has 0 spiro atoms. The lowest BCUT2D eigenvalue weighted by Crippen LogP contribution is -2.12. The Labute approximate surface area is 109 Å². The zero-order valence-corrected chi connectivity index (χ0v) is 10.1. The number of phenolic OH excluding ortho intramolecular Hbond substituents is 2. The number of amides is 1. The predicted molar refractivity (Wildman–Crippen MR) is 68.9 cm³/mol. The topological polar surface area (TPSA) is 69.6 Å². The van der Waals surface area contributed by atoms with E-state index in [1.165, 1.54) is 12.1 Å². The number of nitrogens with one attached hydrogen (secondary N) is 1. The number of rotatable bonds is 2. The van der Waals surface area contributed by atoms with Crippen molar-refractivity contribution >= 4 is 11.6 Å². The van der Waals surface area contributed by atoms with Gasteiger partial charge in [-0.1, -0.05) is 6.07 Å². The standard InChI is InChI=1S/C14H12FNO3/c1-8-2-4-11(13(18)6-8)16-14(19)10-7-9(15)3-5-12(10)17/h2-7,17-18H,1H3,(H,16,19). The molecule has 1 amide bonds. The summed E-state index contributed by atoms with van der Waals surface area (Å²) in [5, 5.41) is 21.6. The molecule has 5 heteroatoms. The Morgan fingerprint density at radius 1 is 1.11 bits per heavy atom. The molecule has 3 N–H and O–H groups in total. The van der Waals surface area contributed by atoms with E-state index >= 15 is 0 Å². The number of aryl methyl sites for hydroxylation is 1. The van der Waals surface area contributed by atoms with Crippen LogP contribution < -0.4 is 5.32 Å². The van der Waals surface area contributed by atoms with Crippen molar-refractivity contribution in [1.29, 1.82) is 0 Å². The molecule has 0 heterocycles. The van der Waals surface area contributed by atoms with Gasteiger partial charge in [0, 0.05) is 0 Å². The summed E-state index contributed by atoms with van der Waals surface area (Å²) in [5.74, 6) is -1.75. The van der Waals surface area contributed by atoms with Crippen LogP contribution >= 0.6 is 0 Å². The lowest BCUT2D eigenvalue weighted by molar-refractivity contribution is 0.102. The van der Waals surface area contributed by atoms with Crippen molar-refractivity contribution in [2.45, 2.75) is 6.92 Å². The summed E-state index contributed by atoms with van der Waals surface area (Å²) in [6, 6.07) is 7.80. The number of aromatic hydroxyl groups is 2. The first-order valence-corrected chi connectivity index (χ1v) is 5.57. The van der Waals surface area contributed by atoms with Crippen LogP contribution in [0.4, 0.5) is 10.1 Å². The van der Waals surface area contributed by atoms with E-state index in [2.05, 4.69) is 5.32 Å². The summed E-state index contributed by atoms with van der Waals surface area (Å²) >= 11 is 0. The summed E-state index contributed by atoms with van der Waals surface area (Å²) in [4.78, 5) is 11.9. The number of halogens is 1. The Morgan fingerprint density at radius 3 is 2.53 bits per heavy atom. The maximum Gasteiger partial charge on any atom is 0.259 e. The first kappa shape index (κ1) is 12.9. The van der Waals surface area contributed by atoms with Gasteiger partial charge in [-0.15, -0.1) is 0 Å². The molecule has 0 fully saturated rings. The number of anilines is 1. The number of carbonyl (C=O) groups is 1. The molecule has 0 radical (unpaired) electrons. The molecule has 2 aromatic carbocycles. The van der Waals surface area contributed by atoms with E-state index in [4.69, 9.17) is 0 Å². The van der Waals surface area contributed by atoms with Crippen LogP contribution in [0, 0.1) is 12.7 Å². The van der Waals surface area contributed by atoms with Crippen molar-refractivity contribution in [2.24, 2.45) is 0 Å². The minimum absolute atomic E-state index is 0.0933. The average molecular weight is 261 g/mol. The fourth-order valence-electron chi connectivity index (χ4n) is 1.63. The molecule has 2 aromatic rings. The molecule has 0 saturated carbocycles. The van der Waals surface area contributed by atoms with E-state index in [1.54, 1.807) is 13.0 Å². The van der Waals surface area contributed by atoms with E-state index in [0.717, 1.165) is 23.8 Å². The fourth-order valence-corrected chi connectivity index (χ4v) is 1.63. The van der Waals surface area contributed by atoms with Crippen LogP contribution in [0.15, 0.2) is 36.4 Å². The van der Waals surface area contributed by atoms with Gasteiger partial charge in [-0.25, -0.2) is 4.39 Å². The number of phenols is 2. The van der Waals surface area contributed by atoms with Crippen LogP contribution in [-0.4, -0.2) is 16.1 Å². The van der Waals surface area contributed by atoms with Crippen LogP contribution in [0.3, 0.4) is 0 Å². The second-order valence-electron chi connectivity index (χ2n) is 4.14. The zero-order valence-electron chi connectivity index (χ0n) is 10.1. The van der Waals surface area contributed by atoms with Crippen LogP contribution in [0.1, 0.15) is 15.9 Å².